The summed E-state index contributed by atoms with van der Waals surface area (Å²) in [5.41, 5.74) is 0.840. The predicted octanol–water partition coefficient (Wildman–Crippen LogP) is 2.67. The third-order valence-corrected chi connectivity index (χ3v) is 6.76. The lowest BCUT2D eigenvalue weighted by molar-refractivity contribution is -0.143. The highest BCUT2D eigenvalue weighted by Crippen LogP contribution is 2.31. The first-order valence-electron chi connectivity index (χ1n) is 10.7. The Hall–Kier alpha value is -2.40. The molecule has 0 aliphatic carbocycles. The van der Waals surface area contributed by atoms with Gasteiger partial charge in [0.2, 0.25) is 5.95 Å². The Morgan fingerprint density at radius 2 is 1.94 bits per heavy atom. The zero-order valence-electron chi connectivity index (χ0n) is 19.4. The van der Waals surface area contributed by atoms with Crippen LogP contribution in [0.15, 0.2) is 12.4 Å². The van der Waals surface area contributed by atoms with Gasteiger partial charge in [0.25, 0.3) is 0 Å². The molecule has 0 radical (unpaired) electrons. The lowest BCUT2D eigenvalue weighted by Crippen LogP contribution is -2.27. The van der Waals surface area contributed by atoms with Crippen LogP contribution in [0.25, 0.3) is 0 Å². The number of hydrogen-bond acceptors (Lipinski definition) is 8. The van der Waals surface area contributed by atoms with Crippen LogP contribution in [0.4, 0.5) is 5.95 Å². The molecule has 1 N–H and O–H groups in total. The van der Waals surface area contributed by atoms with Gasteiger partial charge in [-0.25, -0.2) is 14.6 Å². The average molecular weight is 450 g/mol. The topological polar surface area (TPSA) is 119 Å². The van der Waals surface area contributed by atoms with E-state index in [1.165, 1.54) is 0 Å². The molecule has 0 saturated heterocycles. The fourth-order valence-corrected chi connectivity index (χ4v) is 4.01. The number of anilines is 1. The van der Waals surface area contributed by atoms with Gasteiger partial charge in [-0.1, -0.05) is 33.0 Å². The smallest absolute Gasteiger partial charge is 0.307 e. The molecule has 0 aliphatic heterocycles. The van der Waals surface area contributed by atoms with Gasteiger partial charge in [0.1, 0.15) is 6.73 Å². The number of aromatic nitrogens is 6. The standard InChI is InChI=1S/C20H35N7O3Si/c1-7-8-16(19(28)29)17(11-15-12-21-20(22-13-15)26(2)3)18-23-24-25-27(18)14-30-9-10-31(4,5)6/h12-13,16-17H,7-11,14H2,1-6H3,(H,28,29)/t16?,17-/m0/s1. The molecule has 0 aromatic carbocycles. The minimum Gasteiger partial charge on any atom is -0.481 e. The Labute approximate surface area is 185 Å². The Morgan fingerprint density at radius 3 is 2.48 bits per heavy atom. The first-order valence-corrected chi connectivity index (χ1v) is 14.4. The second-order valence-electron chi connectivity index (χ2n) is 9.21. The van der Waals surface area contributed by atoms with Crippen LogP contribution in [0.3, 0.4) is 0 Å². The second kappa shape index (κ2) is 11.3. The summed E-state index contributed by atoms with van der Waals surface area (Å²) in [5, 5.41) is 22.0. The molecule has 1 unspecified atom stereocenters. The lowest BCUT2D eigenvalue weighted by atomic mass is 9.84. The zero-order valence-corrected chi connectivity index (χ0v) is 20.4. The summed E-state index contributed by atoms with van der Waals surface area (Å²) >= 11 is 0. The minimum atomic E-state index is -1.20. The number of carboxylic acid groups (broad SMARTS) is 1. The molecule has 172 valence electrons. The van der Waals surface area contributed by atoms with Crippen molar-refractivity contribution in [3.8, 4) is 0 Å². The molecule has 0 amide bonds. The van der Waals surface area contributed by atoms with Crippen LogP contribution < -0.4 is 4.90 Å². The van der Waals surface area contributed by atoms with E-state index in [0.717, 1.165) is 18.0 Å². The summed E-state index contributed by atoms with van der Waals surface area (Å²) in [6.45, 7) is 9.70. The van der Waals surface area contributed by atoms with Crippen LogP contribution in [0.2, 0.25) is 25.7 Å². The molecule has 2 atom stereocenters. The largest absolute Gasteiger partial charge is 0.481 e. The fraction of sp³-hybridized carbons (Fsp3) is 0.700. The highest BCUT2D eigenvalue weighted by molar-refractivity contribution is 6.76. The van der Waals surface area contributed by atoms with E-state index < -0.39 is 25.9 Å². The maximum absolute atomic E-state index is 12.1. The Bertz CT molecular complexity index is 821. The lowest BCUT2D eigenvalue weighted by Gasteiger charge is -2.23. The monoisotopic (exact) mass is 449 g/mol. The summed E-state index contributed by atoms with van der Waals surface area (Å²) in [5.74, 6) is -0.770. The van der Waals surface area contributed by atoms with Gasteiger partial charge in [-0.05, 0) is 34.9 Å². The third-order valence-electron chi connectivity index (χ3n) is 5.05. The third kappa shape index (κ3) is 7.66. The van der Waals surface area contributed by atoms with Crippen molar-refractivity contribution in [2.24, 2.45) is 5.92 Å². The summed E-state index contributed by atoms with van der Waals surface area (Å²) < 4.78 is 7.39. The molecule has 2 aromatic rings. The molecule has 0 saturated carbocycles. The van der Waals surface area contributed by atoms with Gasteiger partial charge < -0.3 is 14.7 Å². The fourth-order valence-electron chi connectivity index (χ4n) is 3.26. The van der Waals surface area contributed by atoms with Crippen LogP contribution in [0.5, 0.6) is 0 Å². The van der Waals surface area contributed by atoms with Crippen LogP contribution in [-0.4, -0.2) is 70.0 Å². The minimum absolute atomic E-state index is 0.206. The summed E-state index contributed by atoms with van der Waals surface area (Å²) in [6, 6.07) is 1.04. The van der Waals surface area contributed by atoms with Gasteiger partial charge >= 0.3 is 5.97 Å². The molecule has 0 aliphatic rings. The van der Waals surface area contributed by atoms with Crippen LogP contribution in [0.1, 0.15) is 37.1 Å². The van der Waals surface area contributed by atoms with Crippen molar-refractivity contribution in [2.45, 2.75) is 64.5 Å². The number of nitrogens with zero attached hydrogens (tertiary/aromatic N) is 7. The van der Waals surface area contributed by atoms with Crippen molar-refractivity contribution >= 4 is 20.0 Å². The maximum Gasteiger partial charge on any atom is 0.307 e. The van der Waals surface area contributed by atoms with Crippen molar-refractivity contribution in [3.05, 3.63) is 23.8 Å². The zero-order chi connectivity index (χ0) is 23.0. The van der Waals surface area contributed by atoms with Gasteiger partial charge in [0, 0.05) is 47.1 Å². The number of rotatable bonds is 13. The van der Waals surface area contributed by atoms with Crippen molar-refractivity contribution in [3.63, 3.8) is 0 Å². The normalized spacial score (nSPS) is 13.7. The highest BCUT2D eigenvalue weighted by Gasteiger charge is 2.33. The quantitative estimate of drug-likeness (QED) is 0.363. The summed E-state index contributed by atoms with van der Waals surface area (Å²) in [4.78, 5) is 22.6. The molecule has 2 heterocycles. The van der Waals surface area contributed by atoms with E-state index >= 15 is 0 Å². The number of carboxylic acids is 1. The van der Waals surface area contributed by atoms with Crippen molar-refractivity contribution in [1.82, 2.24) is 30.2 Å². The van der Waals surface area contributed by atoms with Gasteiger partial charge in [-0.3, -0.25) is 4.79 Å². The number of aliphatic carboxylic acids is 1. The van der Waals surface area contributed by atoms with E-state index in [4.69, 9.17) is 4.74 Å². The molecule has 2 rings (SSSR count). The molecule has 0 fully saturated rings. The number of ether oxygens (including phenoxy) is 1. The van der Waals surface area contributed by atoms with Crippen molar-refractivity contribution in [2.75, 3.05) is 25.6 Å². The van der Waals surface area contributed by atoms with Crippen molar-refractivity contribution < 1.29 is 14.6 Å². The van der Waals surface area contributed by atoms with E-state index in [1.54, 1.807) is 17.1 Å². The van der Waals surface area contributed by atoms with E-state index in [9.17, 15) is 9.90 Å². The second-order valence-corrected chi connectivity index (χ2v) is 14.8. The molecular formula is C20H35N7O3Si. The molecular weight excluding hydrogens is 414 g/mol. The van der Waals surface area contributed by atoms with Crippen LogP contribution >= 0.6 is 0 Å². The van der Waals surface area contributed by atoms with E-state index in [0.29, 0.717) is 31.2 Å². The van der Waals surface area contributed by atoms with Gasteiger partial charge in [0.15, 0.2) is 5.82 Å². The van der Waals surface area contributed by atoms with Gasteiger partial charge in [-0.2, -0.15) is 0 Å². The number of carbonyl (C=O) groups is 1. The first kappa shape index (κ1) is 24.9. The Balaban J connectivity index is 2.25. The van der Waals surface area contributed by atoms with Crippen LogP contribution in [-0.2, 0) is 22.7 Å². The molecule has 31 heavy (non-hydrogen) atoms. The Kier molecular flexibility index (Phi) is 9.05. The molecule has 2 aromatic heterocycles. The number of tetrazole rings is 1. The van der Waals surface area contributed by atoms with E-state index in [2.05, 4.69) is 45.1 Å². The van der Waals surface area contributed by atoms with Crippen molar-refractivity contribution in [1.29, 1.82) is 0 Å². The summed E-state index contributed by atoms with van der Waals surface area (Å²) in [6.07, 6.45) is 5.18. The maximum atomic E-state index is 12.1. The average Bonchev–Trinajstić information content (AvgIpc) is 3.15. The van der Waals surface area contributed by atoms with Gasteiger partial charge in [0.05, 0.1) is 5.92 Å². The molecule has 0 bridgehead atoms. The van der Waals surface area contributed by atoms with E-state index in [-0.39, 0.29) is 6.73 Å². The van der Waals surface area contributed by atoms with Gasteiger partial charge in [-0.15, -0.1) is 5.10 Å². The predicted molar refractivity (Wildman–Crippen MR) is 121 cm³/mol. The Morgan fingerprint density at radius 1 is 1.26 bits per heavy atom. The highest BCUT2D eigenvalue weighted by atomic mass is 28.3. The SMILES string of the molecule is CCCC(C(=O)O)[C@H](Cc1cnc(N(C)C)nc1)c1nnnn1COCC[Si](C)(C)C. The van der Waals surface area contributed by atoms with E-state index in [1.807, 2.05) is 25.9 Å². The number of hydrogen-bond donors (Lipinski definition) is 1. The molecule has 0 spiro atoms. The first-order chi connectivity index (χ1) is 14.6. The molecule has 11 heteroatoms. The van der Waals surface area contributed by atoms with Crippen LogP contribution in [0, 0.1) is 5.92 Å². The molecule has 10 nitrogen and oxygen atoms in total. The summed E-state index contributed by atoms with van der Waals surface area (Å²) in [7, 11) is 2.54.